The Hall–Kier alpha value is -1.82. The highest BCUT2D eigenvalue weighted by Gasteiger charge is 2.36. The van der Waals surface area contributed by atoms with Gasteiger partial charge in [0.2, 0.25) is 11.8 Å². The minimum Gasteiger partial charge on any atom is -0.468 e. The van der Waals surface area contributed by atoms with Crippen LogP contribution in [-0.4, -0.2) is 54.3 Å². The highest BCUT2D eigenvalue weighted by Crippen LogP contribution is 2.32. The number of piperidine rings is 2. The summed E-state index contributed by atoms with van der Waals surface area (Å²) in [7, 11) is 0. The van der Waals surface area contributed by atoms with E-state index in [-0.39, 0.29) is 23.8 Å². The van der Waals surface area contributed by atoms with E-state index in [4.69, 9.17) is 4.42 Å². The summed E-state index contributed by atoms with van der Waals surface area (Å²) in [5, 5.41) is 3.17. The molecule has 6 nitrogen and oxygen atoms in total. The van der Waals surface area contributed by atoms with E-state index in [2.05, 4.69) is 10.2 Å². The van der Waals surface area contributed by atoms with Gasteiger partial charge in [-0.3, -0.25) is 14.5 Å². The van der Waals surface area contributed by atoms with Crippen molar-refractivity contribution in [1.82, 2.24) is 15.1 Å². The Labute approximate surface area is 161 Å². The topological polar surface area (TPSA) is 65.8 Å². The first-order chi connectivity index (χ1) is 13.2. The van der Waals surface area contributed by atoms with Gasteiger partial charge >= 0.3 is 0 Å². The molecule has 1 atom stereocenters. The number of furan rings is 1. The van der Waals surface area contributed by atoms with Crippen molar-refractivity contribution in [3.8, 4) is 0 Å². The summed E-state index contributed by atoms with van der Waals surface area (Å²) in [6.07, 6.45) is 9.05. The van der Waals surface area contributed by atoms with Crippen molar-refractivity contribution in [3.63, 3.8) is 0 Å². The smallest absolute Gasteiger partial charge is 0.225 e. The maximum atomic E-state index is 12.7. The zero-order valence-electron chi connectivity index (χ0n) is 16.1. The lowest BCUT2D eigenvalue weighted by molar-refractivity contribution is -0.136. The summed E-state index contributed by atoms with van der Waals surface area (Å²) >= 11 is 0. The van der Waals surface area contributed by atoms with Gasteiger partial charge in [-0.05, 0) is 63.7 Å². The molecule has 1 N–H and O–H groups in total. The normalized spacial score (nSPS) is 23.2. The van der Waals surface area contributed by atoms with Gasteiger partial charge in [-0.15, -0.1) is 0 Å². The molecule has 148 valence electrons. The fraction of sp³-hybridized carbons (Fsp3) is 0.714. The lowest BCUT2D eigenvalue weighted by Gasteiger charge is -2.34. The largest absolute Gasteiger partial charge is 0.468 e. The molecule has 1 aliphatic carbocycles. The summed E-state index contributed by atoms with van der Waals surface area (Å²) in [5.41, 5.74) is 0. The fourth-order valence-electron chi connectivity index (χ4n) is 4.41. The maximum absolute atomic E-state index is 12.7. The van der Waals surface area contributed by atoms with Gasteiger partial charge in [0.25, 0.3) is 0 Å². The number of likely N-dealkylation sites (tertiary alicyclic amines) is 2. The predicted molar refractivity (Wildman–Crippen MR) is 102 cm³/mol. The second kappa shape index (κ2) is 8.46. The van der Waals surface area contributed by atoms with Gasteiger partial charge in [0.15, 0.2) is 0 Å². The Morgan fingerprint density at radius 3 is 2.41 bits per heavy atom. The van der Waals surface area contributed by atoms with Crippen LogP contribution in [0.4, 0.5) is 0 Å². The second-order valence-corrected chi connectivity index (χ2v) is 8.25. The van der Waals surface area contributed by atoms with E-state index in [0.29, 0.717) is 12.5 Å². The standard InChI is InChI=1S/C21H31N3O3/c25-20(16-8-12-24(13-9-16)21(26)17-6-7-17)22-15-18(19-5-4-14-27-19)23-10-2-1-3-11-23/h4-5,14,16-18H,1-3,6-13,15H2,(H,22,25). The van der Waals surface area contributed by atoms with Gasteiger partial charge in [0.05, 0.1) is 12.3 Å². The number of hydrogen-bond acceptors (Lipinski definition) is 4. The highest BCUT2D eigenvalue weighted by atomic mass is 16.3. The summed E-state index contributed by atoms with van der Waals surface area (Å²) < 4.78 is 5.66. The Bertz CT molecular complexity index is 627. The minimum absolute atomic E-state index is 0.0202. The summed E-state index contributed by atoms with van der Waals surface area (Å²) in [5.74, 6) is 1.65. The molecule has 0 aromatic carbocycles. The Morgan fingerprint density at radius 2 is 1.78 bits per heavy atom. The van der Waals surface area contributed by atoms with Gasteiger partial charge in [0, 0.05) is 31.5 Å². The quantitative estimate of drug-likeness (QED) is 0.832. The van der Waals surface area contributed by atoms with Crippen molar-refractivity contribution in [2.24, 2.45) is 11.8 Å². The number of nitrogens with one attached hydrogen (secondary N) is 1. The van der Waals surface area contributed by atoms with Crippen LogP contribution in [0.1, 0.15) is 56.7 Å². The molecular weight excluding hydrogens is 342 g/mol. The first kappa shape index (κ1) is 18.5. The number of amides is 2. The third kappa shape index (κ3) is 4.54. The lowest BCUT2D eigenvalue weighted by atomic mass is 9.95. The SMILES string of the molecule is O=C(NCC(c1ccco1)N1CCCCC1)C1CCN(C(=O)C2CC2)CC1. The average molecular weight is 373 g/mol. The van der Waals surface area contributed by atoms with Gasteiger partial charge in [0.1, 0.15) is 5.76 Å². The summed E-state index contributed by atoms with van der Waals surface area (Å²) in [4.78, 5) is 29.3. The zero-order valence-corrected chi connectivity index (χ0v) is 16.1. The lowest BCUT2D eigenvalue weighted by Crippen LogP contribution is -2.45. The number of carbonyl (C=O) groups excluding carboxylic acids is 2. The molecule has 1 aromatic rings. The number of carbonyl (C=O) groups is 2. The third-order valence-electron chi connectivity index (χ3n) is 6.28. The molecule has 1 saturated carbocycles. The Balaban J connectivity index is 1.28. The van der Waals surface area contributed by atoms with Crippen LogP contribution in [-0.2, 0) is 9.59 Å². The van der Waals surface area contributed by atoms with E-state index in [9.17, 15) is 9.59 Å². The molecule has 2 saturated heterocycles. The molecule has 1 aromatic heterocycles. The molecule has 0 bridgehead atoms. The van der Waals surface area contributed by atoms with Crippen molar-refractivity contribution >= 4 is 11.8 Å². The van der Waals surface area contributed by atoms with E-state index in [1.165, 1.54) is 19.3 Å². The van der Waals surface area contributed by atoms with Crippen molar-refractivity contribution in [3.05, 3.63) is 24.2 Å². The second-order valence-electron chi connectivity index (χ2n) is 8.25. The monoisotopic (exact) mass is 373 g/mol. The fourth-order valence-corrected chi connectivity index (χ4v) is 4.41. The predicted octanol–water partition coefficient (Wildman–Crippen LogP) is 2.57. The van der Waals surface area contributed by atoms with E-state index in [1.54, 1.807) is 6.26 Å². The zero-order chi connectivity index (χ0) is 18.6. The minimum atomic E-state index is 0.0202. The first-order valence-electron chi connectivity index (χ1n) is 10.6. The Kier molecular flexibility index (Phi) is 5.81. The third-order valence-corrected chi connectivity index (χ3v) is 6.28. The molecule has 3 heterocycles. The van der Waals surface area contributed by atoms with Crippen LogP contribution in [0.2, 0.25) is 0 Å². The van der Waals surface area contributed by atoms with E-state index >= 15 is 0 Å². The van der Waals surface area contributed by atoms with Crippen LogP contribution < -0.4 is 5.32 Å². The molecule has 3 fully saturated rings. The molecule has 0 radical (unpaired) electrons. The molecular formula is C21H31N3O3. The van der Waals surface area contributed by atoms with Gasteiger partial charge < -0.3 is 14.6 Å². The van der Waals surface area contributed by atoms with Crippen LogP contribution >= 0.6 is 0 Å². The Morgan fingerprint density at radius 1 is 1.04 bits per heavy atom. The van der Waals surface area contributed by atoms with Crippen LogP contribution in [0.5, 0.6) is 0 Å². The first-order valence-corrected chi connectivity index (χ1v) is 10.6. The van der Waals surface area contributed by atoms with Crippen LogP contribution in [0.15, 0.2) is 22.8 Å². The van der Waals surface area contributed by atoms with E-state index in [1.807, 2.05) is 17.0 Å². The van der Waals surface area contributed by atoms with Gasteiger partial charge in [-0.2, -0.15) is 0 Å². The molecule has 0 spiro atoms. The molecule has 3 aliphatic rings. The summed E-state index contributed by atoms with van der Waals surface area (Å²) in [6.45, 7) is 4.15. The number of nitrogens with zero attached hydrogens (tertiary/aromatic N) is 2. The molecule has 1 unspecified atom stereocenters. The average Bonchev–Trinajstić information content (AvgIpc) is 3.44. The molecule has 2 aliphatic heterocycles. The van der Waals surface area contributed by atoms with Gasteiger partial charge in [-0.25, -0.2) is 0 Å². The molecule has 4 rings (SSSR count). The molecule has 27 heavy (non-hydrogen) atoms. The van der Waals surface area contributed by atoms with E-state index in [0.717, 1.165) is 57.6 Å². The van der Waals surface area contributed by atoms with Crippen LogP contribution in [0.25, 0.3) is 0 Å². The number of hydrogen-bond donors (Lipinski definition) is 1. The van der Waals surface area contributed by atoms with Crippen molar-refractivity contribution < 1.29 is 14.0 Å². The van der Waals surface area contributed by atoms with Crippen molar-refractivity contribution in [2.75, 3.05) is 32.7 Å². The van der Waals surface area contributed by atoms with Crippen LogP contribution in [0, 0.1) is 11.8 Å². The summed E-state index contributed by atoms with van der Waals surface area (Å²) in [6, 6.07) is 4.04. The van der Waals surface area contributed by atoms with Crippen molar-refractivity contribution in [1.29, 1.82) is 0 Å². The van der Waals surface area contributed by atoms with E-state index < -0.39 is 0 Å². The van der Waals surface area contributed by atoms with Crippen molar-refractivity contribution in [2.45, 2.75) is 51.0 Å². The molecule has 6 heteroatoms. The van der Waals surface area contributed by atoms with Gasteiger partial charge in [-0.1, -0.05) is 6.42 Å². The van der Waals surface area contributed by atoms with Crippen LogP contribution in [0.3, 0.4) is 0 Å². The maximum Gasteiger partial charge on any atom is 0.225 e. The number of rotatable bonds is 6. The molecule has 2 amide bonds. The highest BCUT2D eigenvalue weighted by molar-refractivity contribution is 5.82.